The van der Waals surface area contributed by atoms with Crippen molar-refractivity contribution in [2.24, 2.45) is 0 Å². The van der Waals surface area contributed by atoms with Crippen LogP contribution in [-0.2, 0) is 0 Å². The predicted octanol–water partition coefficient (Wildman–Crippen LogP) is 5.30. The van der Waals surface area contributed by atoms with Crippen LogP contribution in [0.5, 0.6) is 0 Å². The highest BCUT2D eigenvalue weighted by Gasteiger charge is 2.17. The standard InChI is InChI=1S/C23H15NO2/c24-17-7-9-19-21(12-17)26-22-13-18(25)8-10-20(22)23(19)16-6-5-14-3-1-2-4-15(14)11-16/h1-13H,24H2. The monoisotopic (exact) mass is 337 g/mol. The number of rotatable bonds is 1. The topological polar surface area (TPSA) is 56.2 Å². The number of fused-ring (bicyclic) bond motifs is 3. The molecule has 0 radical (unpaired) electrons. The van der Waals surface area contributed by atoms with Crippen LogP contribution in [0.2, 0.25) is 0 Å². The Balaban J connectivity index is 1.93. The van der Waals surface area contributed by atoms with E-state index in [0.717, 1.165) is 22.1 Å². The maximum absolute atomic E-state index is 11.8. The molecule has 26 heavy (non-hydrogen) atoms. The van der Waals surface area contributed by atoms with Gasteiger partial charge in [0.15, 0.2) is 5.43 Å². The molecule has 1 aliphatic carbocycles. The molecule has 5 rings (SSSR count). The molecule has 0 aromatic heterocycles. The van der Waals surface area contributed by atoms with Crippen LogP contribution in [0.25, 0.3) is 44.2 Å². The Kier molecular flexibility index (Phi) is 3.09. The first kappa shape index (κ1) is 14.7. The van der Waals surface area contributed by atoms with E-state index in [1.165, 1.54) is 16.8 Å². The molecule has 3 aromatic carbocycles. The van der Waals surface area contributed by atoms with Gasteiger partial charge in [-0.1, -0.05) is 36.4 Å². The van der Waals surface area contributed by atoms with Gasteiger partial charge in [0.1, 0.15) is 11.3 Å². The molecule has 0 atom stereocenters. The van der Waals surface area contributed by atoms with E-state index in [-0.39, 0.29) is 5.43 Å². The van der Waals surface area contributed by atoms with E-state index in [0.29, 0.717) is 17.0 Å². The second kappa shape index (κ2) is 5.46. The summed E-state index contributed by atoms with van der Waals surface area (Å²) in [6.07, 6.45) is 0. The first-order chi connectivity index (χ1) is 12.7. The van der Waals surface area contributed by atoms with Gasteiger partial charge in [-0.05, 0) is 46.7 Å². The number of nitrogens with two attached hydrogens (primary N) is 1. The quantitative estimate of drug-likeness (QED) is 0.333. The summed E-state index contributed by atoms with van der Waals surface area (Å²) in [6, 6.07) is 25.3. The molecule has 0 spiro atoms. The van der Waals surface area contributed by atoms with Gasteiger partial charge in [-0.3, -0.25) is 4.79 Å². The van der Waals surface area contributed by atoms with Gasteiger partial charge in [-0.25, -0.2) is 0 Å². The van der Waals surface area contributed by atoms with E-state index in [9.17, 15) is 4.79 Å². The van der Waals surface area contributed by atoms with Gasteiger partial charge in [0.2, 0.25) is 0 Å². The van der Waals surface area contributed by atoms with Crippen molar-refractivity contribution >= 4 is 27.4 Å². The second-order valence-corrected chi connectivity index (χ2v) is 6.45. The highest BCUT2D eigenvalue weighted by Crippen LogP contribution is 2.40. The molecular weight excluding hydrogens is 322 g/mol. The van der Waals surface area contributed by atoms with Crippen molar-refractivity contribution in [3.63, 3.8) is 0 Å². The van der Waals surface area contributed by atoms with E-state index < -0.39 is 0 Å². The fourth-order valence-electron chi connectivity index (χ4n) is 3.54. The van der Waals surface area contributed by atoms with Crippen LogP contribution < -0.4 is 11.2 Å². The molecule has 2 N–H and O–H groups in total. The van der Waals surface area contributed by atoms with Crippen LogP contribution in [0.4, 0.5) is 5.69 Å². The van der Waals surface area contributed by atoms with Crippen molar-refractivity contribution < 1.29 is 4.42 Å². The van der Waals surface area contributed by atoms with Crippen molar-refractivity contribution in [2.75, 3.05) is 5.73 Å². The average Bonchev–Trinajstić information content (AvgIpc) is 2.65. The highest BCUT2D eigenvalue weighted by atomic mass is 16.3. The molecule has 0 saturated heterocycles. The van der Waals surface area contributed by atoms with Crippen LogP contribution in [0.15, 0.2) is 88.1 Å². The molecule has 2 aliphatic rings. The molecule has 0 fully saturated rings. The Morgan fingerprint density at radius 1 is 0.769 bits per heavy atom. The number of hydrogen-bond donors (Lipinski definition) is 1. The van der Waals surface area contributed by atoms with Crippen molar-refractivity contribution in [1.29, 1.82) is 0 Å². The molecule has 3 aromatic rings. The van der Waals surface area contributed by atoms with Crippen molar-refractivity contribution in [1.82, 2.24) is 0 Å². The predicted molar refractivity (Wildman–Crippen MR) is 106 cm³/mol. The van der Waals surface area contributed by atoms with Gasteiger partial charge in [-0.15, -0.1) is 0 Å². The normalized spacial score (nSPS) is 11.4. The molecule has 124 valence electrons. The van der Waals surface area contributed by atoms with Gasteiger partial charge in [0.05, 0.1) is 0 Å². The zero-order valence-corrected chi connectivity index (χ0v) is 13.9. The highest BCUT2D eigenvalue weighted by molar-refractivity contribution is 6.04. The van der Waals surface area contributed by atoms with E-state index in [4.69, 9.17) is 10.2 Å². The summed E-state index contributed by atoms with van der Waals surface area (Å²) in [7, 11) is 0. The maximum atomic E-state index is 11.8. The summed E-state index contributed by atoms with van der Waals surface area (Å²) in [5.41, 5.74) is 10.2. The SMILES string of the molecule is Nc1ccc2c(-c3ccc4ccccc4c3)c3ccc(=O)cc-3oc2c1. The molecule has 0 unspecified atom stereocenters. The van der Waals surface area contributed by atoms with E-state index >= 15 is 0 Å². The lowest BCUT2D eigenvalue weighted by Gasteiger charge is -2.15. The number of nitrogen functional groups attached to an aromatic ring is 1. The molecule has 3 nitrogen and oxygen atoms in total. The lowest BCUT2D eigenvalue weighted by atomic mass is 9.92. The molecule has 3 heteroatoms. The van der Waals surface area contributed by atoms with Crippen LogP contribution in [0.1, 0.15) is 0 Å². The Morgan fingerprint density at radius 2 is 1.62 bits per heavy atom. The smallest absolute Gasteiger partial charge is 0.182 e. The summed E-state index contributed by atoms with van der Waals surface area (Å²) in [5.74, 6) is 0.568. The second-order valence-electron chi connectivity index (χ2n) is 6.45. The summed E-state index contributed by atoms with van der Waals surface area (Å²) < 4.78 is 5.98. The van der Waals surface area contributed by atoms with Crippen molar-refractivity contribution in [3.05, 3.63) is 89.1 Å². The van der Waals surface area contributed by atoms with Crippen LogP contribution in [0, 0.1) is 0 Å². The molecule has 0 saturated carbocycles. The summed E-state index contributed by atoms with van der Waals surface area (Å²) >= 11 is 0. The van der Waals surface area contributed by atoms with Gasteiger partial charge >= 0.3 is 0 Å². The Labute approximate surface area is 149 Å². The minimum atomic E-state index is -0.0750. The van der Waals surface area contributed by atoms with Gasteiger partial charge in [-0.2, -0.15) is 0 Å². The largest absolute Gasteiger partial charge is 0.456 e. The Hall–Kier alpha value is -3.59. The summed E-state index contributed by atoms with van der Waals surface area (Å²) in [5, 5.41) is 3.33. The average molecular weight is 337 g/mol. The van der Waals surface area contributed by atoms with E-state index in [2.05, 4.69) is 30.3 Å². The van der Waals surface area contributed by atoms with Crippen LogP contribution in [-0.4, -0.2) is 0 Å². The van der Waals surface area contributed by atoms with Gasteiger partial charge < -0.3 is 10.2 Å². The van der Waals surface area contributed by atoms with E-state index in [1.54, 1.807) is 12.1 Å². The lowest BCUT2D eigenvalue weighted by molar-refractivity contribution is 0.619. The minimum Gasteiger partial charge on any atom is -0.456 e. The molecule has 1 aliphatic heterocycles. The molecular formula is C23H15NO2. The number of benzene rings is 4. The van der Waals surface area contributed by atoms with Crippen molar-refractivity contribution in [2.45, 2.75) is 0 Å². The van der Waals surface area contributed by atoms with Gasteiger partial charge in [0.25, 0.3) is 0 Å². The maximum Gasteiger partial charge on any atom is 0.182 e. The first-order valence-corrected chi connectivity index (χ1v) is 8.44. The Morgan fingerprint density at radius 3 is 2.50 bits per heavy atom. The fourth-order valence-corrected chi connectivity index (χ4v) is 3.54. The van der Waals surface area contributed by atoms with E-state index in [1.807, 2.05) is 30.3 Å². The van der Waals surface area contributed by atoms with Crippen LogP contribution in [0.3, 0.4) is 0 Å². The number of hydrogen-bond acceptors (Lipinski definition) is 3. The fraction of sp³-hybridized carbons (Fsp3) is 0. The zero-order chi connectivity index (χ0) is 17.7. The summed E-state index contributed by atoms with van der Waals surface area (Å²) in [4.78, 5) is 11.8. The molecule has 0 amide bonds. The van der Waals surface area contributed by atoms with Gasteiger partial charge in [0, 0.05) is 34.3 Å². The molecule has 0 bridgehead atoms. The van der Waals surface area contributed by atoms with Crippen molar-refractivity contribution in [3.8, 4) is 22.5 Å². The zero-order valence-electron chi connectivity index (χ0n) is 13.9. The van der Waals surface area contributed by atoms with Crippen LogP contribution >= 0.6 is 0 Å². The summed E-state index contributed by atoms with van der Waals surface area (Å²) in [6.45, 7) is 0. The third-order valence-electron chi connectivity index (χ3n) is 4.76. The Bertz CT molecular complexity index is 1320. The third kappa shape index (κ3) is 2.25. The lowest BCUT2D eigenvalue weighted by Crippen LogP contribution is -2.00. The molecule has 1 heterocycles. The first-order valence-electron chi connectivity index (χ1n) is 8.44. The minimum absolute atomic E-state index is 0.0750. The third-order valence-corrected chi connectivity index (χ3v) is 4.76. The number of anilines is 1.